The summed E-state index contributed by atoms with van der Waals surface area (Å²) in [7, 11) is 0. The van der Waals surface area contributed by atoms with E-state index in [4.69, 9.17) is 16.3 Å². The number of hydrogen-bond donors (Lipinski definition) is 1. The number of carbonyl (C=O) groups excluding carboxylic acids is 1. The Balaban J connectivity index is 1.54. The molecule has 0 bridgehead atoms. The lowest BCUT2D eigenvalue weighted by Gasteiger charge is -2.19. The van der Waals surface area contributed by atoms with Crippen molar-refractivity contribution >= 4 is 29.6 Å². The fourth-order valence-corrected chi connectivity index (χ4v) is 3.25. The lowest BCUT2D eigenvalue weighted by Crippen LogP contribution is -2.34. The minimum atomic E-state index is -0.443. The van der Waals surface area contributed by atoms with E-state index in [0.29, 0.717) is 23.5 Å². The second kappa shape index (κ2) is 8.23. The monoisotopic (exact) mass is 428 g/mol. The Morgan fingerprint density at radius 1 is 1.30 bits per heavy atom. The summed E-state index contributed by atoms with van der Waals surface area (Å²) in [5, 5.41) is 3.66. The molecule has 1 fully saturated rings. The summed E-state index contributed by atoms with van der Waals surface area (Å²) in [5.41, 5.74) is 1.64. The zero-order valence-corrected chi connectivity index (χ0v) is 17.5. The highest BCUT2D eigenvalue weighted by Gasteiger charge is 2.35. The van der Waals surface area contributed by atoms with Gasteiger partial charge < -0.3 is 14.6 Å². The number of cyclic esters (lactones) is 1. The van der Waals surface area contributed by atoms with Crippen molar-refractivity contribution in [2.45, 2.75) is 39.3 Å². The van der Waals surface area contributed by atoms with Gasteiger partial charge in [-0.15, -0.1) is 0 Å². The highest BCUT2D eigenvalue weighted by Crippen LogP contribution is 2.24. The van der Waals surface area contributed by atoms with Gasteiger partial charge in [0.2, 0.25) is 11.9 Å². The number of hydrogen-bond acceptors (Lipinski definition) is 8. The van der Waals surface area contributed by atoms with E-state index < -0.39 is 6.09 Å². The number of nitrogens with one attached hydrogen (secondary N) is 1. The Bertz CT molecular complexity index is 1050. The predicted molar refractivity (Wildman–Crippen MR) is 111 cm³/mol. The summed E-state index contributed by atoms with van der Waals surface area (Å²) < 4.78 is 7.00. The van der Waals surface area contributed by atoms with Crippen molar-refractivity contribution < 1.29 is 9.53 Å². The van der Waals surface area contributed by atoms with Crippen molar-refractivity contribution in [3.63, 3.8) is 0 Å². The maximum Gasteiger partial charge on any atom is 0.417 e. The van der Waals surface area contributed by atoms with E-state index in [0.717, 1.165) is 17.8 Å². The van der Waals surface area contributed by atoms with Crippen LogP contribution in [0.1, 0.15) is 37.8 Å². The van der Waals surface area contributed by atoms with E-state index >= 15 is 0 Å². The molecule has 0 aliphatic carbocycles. The van der Waals surface area contributed by atoms with Crippen molar-refractivity contribution in [1.82, 2.24) is 29.5 Å². The van der Waals surface area contributed by atoms with Crippen LogP contribution in [-0.2, 0) is 4.74 Å². The molecule has 30 heavy (non-hydrogen) atoms. The number of aryl methyl sites for hydroxylation is 1. The number of pyridine rings is 1. The second-order valence-corrected chi connectivity index (χ2v) is 7.31. The molecule has 2 atom stereocenters. The van der Waals surface area contributed by atoms with Gasteiger partial charge in [-0.3, -0.25) is 0 Å². The van der Waals surface area contributed by atoms with Gasteiger partial charge in [-0.2, -0.15) is 15.0 Å². The Labute approximate surface area is 178 Å². The lowest BCUT2D eigenvalue weighted by atomic mass is 10.2. The van der Waals surface area contributed by atoms with Crippen LogP contribution in [-0.4, -0.2) is 48.2 Å². The summed E-state index contributed by atoms with van der Waals surface area (Å²) in [6.07, 6.45) is 5.57. The highest BCUT2D eigenvalue weighted by molar-refractivity contribution is 6.29. The predicted octanol–water partition coefficient (Wildman–Crippen LogP) is 3.32. The quantitative estimate of drug-likeness (QED) is 0.595. The topological polar surface area (TPSA) is 111 Å². The number of ether oxygens (including phenoxy) is 1. The molecule has 1 N–H and O–H groups in total. The van der Waals surface area contributed by atoms with E-state index in [-0.39, 0.29) is 18.0 Å². The minimum Gasteiger partial charge on any atom is -0.447 e. The number of anilines is 2. The lowest BCUT2D eigenvalue weighted by molar-refractivity contribution is 0.178. The van der Waals surface area contributed by atoms with Crippen LogP contribution in [0.4, 0.5) is 16.7 Å². The standard InChI is InChI=1S/C19H21ClN8O2/c1-4-13-9-30-19(29)28(13)18-25-12(3)24-17(26-18)23-11(2)15-8-27(10-22-15)14-5-6-16(20)21-7-14/h5-8,10-11,13H,4,9H2,1-3H3,(H,23,24,25,26)/t11-,13-/m0/s1. The molecule has 0 aromatic carbocycles. The van der Waals surface area contributed by atoms with Gasteiger partial charge in [0, 0.05) is 6.20 Å². The van der Waals surface area contributed by atoms with E-state index in [1.54, 1.807) is 25.5 Å². The number of aromatic nitrogens is 6. The molecule has 3 aromatic rings. The molecule has 156 valence electrons. The summed E-state index contributed by atoms with van der Waals surface area (Å²) in [6, 6.07) is 3.31. The van der Waals surface area contributed by atoms with Gasteiger partial charge in [-0.25, -0.2) is 19.7 Å². The molecule has 1 aliphatic rings. The van der Waals surface area contributed by atoms with Gasteiger partial charge >= 0.3 is 6.09 Å². The van der Waals surface area contributed by atoms with Gasteiger partial charge in [0.15, 0.2) is 0 Å². The first-order chi connectivity index (χ1) is 14.4. The molecule has 3 aromatic heterocycles. The van der Waals surface area contributed by atoms with Gasteiger partial charge in [0.1, 0.15) is 17.6 Å². The Morgan fingerprint density at radius 3 is 2.87 bits per heavy atom. The van der Waals surface area contributed by atoms with Gasteiger partial charge in [-0.1, -0.05) is 18.5 Å². The molecule has 4 rings (SSSR count). The second-order valence-electron chi connectivity index (χ2n) is 6.93. The molecule has 0 radical (unpaired) electrons. The molecule has 0 saturated carbocycles. The minimum absolute atomic E-state index is 0.0896. The van der Waals surface area contributed by atoms with Crippen molar-refractivity contribution in [2.75, 3.05) is 16.8 Å². The largest absolute Gasteiger partial charge is 0.447 e. The van der Waals surface area contributed by atoms with Crippen LogP contribution in [0, 0.1) is 6.92 Å². The van der Waals surface area contributed by atoms with Crippen LogP contribution in [0.5, 0.6) is 0 Å². The third kappa shape index (κ3) is 4.04. The average molecular weight is 429 g/mol. The zero-order valence-electron chi connectivity index (χ0n) is 16.8. The average Bonchev–Trinajstić information content (AvgIpc) is 3.35. The summed E-state index contributed by atoms with van der Waals surface area (Å²) in [4.78, 5) is 35.3. The molecule has 0 unspecified atom stereocenters. The third-order valence-corrected chi connectivity index (χ3v) is 5.01. The summed E-state index contributed by atoms with van der Waals surface area (Å²) >= 11 is 5.85. The number of rotatable bonds is 6. The van der Waals surface area contributed by atoms with Crippen LogP contribution >= 0.6 is 11.6 Å². The van der Waals surface area contributed by atoms with Gasteiger partial charge in [-0.05, 0) is 32.4 Å². The molecule has 10 nitrogen and oxygen atoms in total. The fourth-order valence-electron chi connectivity index (χ4n) is 3.14. The maximum absolute atomic E-state index is 12.1. The third-order valence-electron chi connectivity index (χ3n) is 4.78. The first-order valence-corrected chi connectivity index (χ1v) is 9.93. The number of imidazole rings is 1. The SMILES string of the molecule is CC[C@H]1COC(=O)N1c1nc(C)nc(N[C@@H](C)c2cn(-c3ccc(Cl)nc3)cn2)n1. The van der Waals surface area contributed by atoms with Crippen LogP contribution < -0.4 is 10.2 Å². The van der Waals surface area contributed by atoms with Crippen molar-refractivity contribution in [2.24, 2.45) is 0 Å². The number of amides is 1. The van der Waals surface area contributed by atoms with E-state index in [1.165, 1.54) is 4.90 Å². The highest BCUT2D eigenvalue weighted by atomic mass is 35.5. The van der Waals surface area contributed by atoms with Crippen molar-refractivity contribution in [3.8, 4) is 5.69 Å². The Morgan fingerprint density at radius 2 is 2.13 bits per heavy atom. The summed E-state index contributed by atoms with van der Waals surface area (Å²) in [5.74, 6) is 1.15. The normalized spacial score (nSPS) is 17.1. The molecule has 11 heteroatoms. The fraction of sp³-hybridized carbons (Fsp3) is 0.368. The smallest absolute Gasteiger partial charge is 0.417 e. The first kappa shape index (κ1) is 20.0. The van der Waals surface area contributed by atoms with Crippen LogP contribution in [0.2, 0.25) is 5.15 Å². The zero-order chi connectivity index (χ0) is 21.3. The molecular weight excluding hydrogens is 408 g/mol. The molecule has 1 aliphatic heterocycles. The molecule has 0 spiro atoms. The van der Waals surface area contributed by atoms with Gasteiger partial charge in [0.05, 0.1) is 36.0 Å². The molecular formula is C19H21ClN8O2. The van der Waals surface area contributed by atoms with E-state index in [1.807, 2.05) is 30.7 Å². The van der Waals surface area contributed by atoms with Crippen molar-refractivity contribution in [1.29, 1.82) is 0 Å². The Hall–Kier alpha value is -3.27. The number of nitrogens with zero attached hydrogens (tertiary/aromatic N) is 7. The van der Waals surface area contributed by atoms with Crippen LogP contribution in [0.15, 0.2) is 30.9 Å². The number of carbonyl (C=O) groups is 1. The Kier molecular flexibility index (Phi) is 5.49. The molecule has 1 saturated heterocycles. The molecule has 1 amide bonds. The summed E-state index contributed by atoms with van der Waals surface area (Å²) in [6.45, 7) is 6.02. The van der Waals surface area contributed by atoms with Crippen LogP contribution in [0.25, 0.3) is 5.69 Å². The van der Waals surface area contributed by atoms with Crippen LogP contribution in [0.3, 0.4) is 0 Å². The van der Waals surface area contributed by atoms with E-state index in [9.17, 15) is 4.79 Å². The molecule has 4 heterocycles. The number of halogens is 1. The maximum atomic E-state index is 12.1. The first-order valence-electron chi connectivity index (χ1n) is 9.55. The van der Waals surface area contributed by atoms with Gasteiger partial charge in [0.25, 0.3) is 0 Å². The van der Waals surface area contributed by atoms with E-state index in [2.05, 4.69) is 30.2 Å². The van der Waals surface area contributed by atoms with Crippen molar-refractivity contribution in [3.05, 3.63) is 47.5 Å².